The fourth-order valence-corrected chi connectivity index (χ4v) is 2.67. The maximum absolute atomic E-state index is 12.2. The van der Waals surface area contributed by atoms with E-state index < -0.39 is 0 Å². The van der Waals surface area contributed by atoms with Gasteiger partial charge in [-0.25, -0.2) is 0 Å². The molecule has 0 fully saturated rings. The maximum atomic E-state index is 12.2. The van der Waals surface area contributed by atoms with Crippen LogP contribution in [0.5, 0.6) is 0 Å². The van der Waals surface area contributed by atoms with Crippen molar-refractivity contribution in [3.8, 4) is 5.69 Å². The average Bonchev–Trinajstić information content (AvgIpc) is 2.46. The summed E-state index contributed by atoms with van der Waals surface area (Å²) in [4.78, 5) is 12.2. The van der Waals surface area contributed by atoms with E-state index in [9.17, 15) is 4.79 Å². The summed E-state index contributed by atoms with van der Waals surface area (Å²) in [5, 5.41) is 3.35. The Morgan fingerprint density at radius 2 is 1.91 bits per heavy atom. The van der Waals surface area contributed by atoms with E-state index >= 15 is 0 Å². The van der Waals surface area contributed by atoms with Crippen LogP contribution in [0, 0.1) is 20.8 Å². The van der Waals surface area contributed by atoms with Gasteiger partial charge in [0.1, 0.15) is 0 Å². The van der Waals surface area contributed by atoms with Crippen LogP contribution in [0.4, 0.5) is 0 Å². The Labute approximate surface area is 133 Å². The second-order valence-electron chi connectivity index (χ2n) is 5.99. The largest absolute Gasteiger partial charge is 0.320 e. The number of rotatable bonds is 6. The molecule has 3 nitrogen and oxygen atoms in total. The van der Waals surface area contributed by atoms with Crippen LogP contribution in [0.2, 0.25) is 0 Å². The van der Waals surface area contributed by atoms with Gasteiger partial charge in [0, 0.05) is 35.8 Å². The molecule has 2 aromatic rings. The molecule has 0 amide bonds. The van der Waals surface area contributed by atoms with Crippen LogP contribution in [0.3, 0.4) is 0 Å². The number of pyridine rings is 1. The molecule has 0 aliphatic rings. The second-order valence-corrected chi connectivity index (χ2v) is 5.99. The number of aryl methyl sites for hydroxylation is 3. The number of hydrogen-bond acceptors (Lipinski definition) is 2. The third-order valence-corrected chi connectivity index (χ3v) is 3.96. The third kappa shape index (κ3) is 3.86. The van der Waals surface area contributed by atoms with Crippen molar-refractivity contribution in [2.24, 2.45) is 0 Å². The van der Waals surface area contributed by atoms with Crippen LogP contribution in [0.15, 0.2) is 35.3 Å². The van der Waals surface area contributed by atoms with E-state index in [1.54, 1.807) is 6.07 Å². The zero-order chi connectivity index (χ0) is 16.1. The average molecular weight is 298 g/mol. The minimum atomic E-state index is 0.113. The predicted molar refractivity (Wildman–Crippen MR) is 92.9 cm³/mol. The summed E-state index contributed by atoms with van der Waals surface area (Å²) in [5.74, 6) is 0. The molecule has 1 N–H and O–H groups in total. The summed E-state index contributed by atoms with van der Waals surface area (Å²) in [7, 11) is 0. The topological polar surface area (TPSA) is 34.0 Å². The van der Waals surface area contributed by atoms with Gasteiger partial charge in [-0.05, 0) is 45.4 Å². The first-order valence-corrected chi connectivity index (χ1v) is 8.03. The van der Waals surface area contributed by atoms with E-state index in [2.05, 4.69) is 48.9 Å². The highest BCUT2D eigenvalue weighted by atomic mass is 16.1. The van der Waals surface area contributed by atoms with Crippen molar-refractivity contribution in [3.05, 3.63) is 63.1 Å². The molecule has 1 aromatic heterocycles. The van der Waals surface area contributed by atoms with Crippen LogP contribution < -0.4 is 10.7 Å². The smallest absolute Gasteiger partial charge is 0.186 e. The first-order valence-electron chi connectivity index (χ1n) is 8.03. The van der Waals surface area contributed by atoms with Crippen LogP contribution in [-0.4, -0.2) is 11.1 Å². The molecule has 0 saturated heterocycles. The van der Waals surface area contributed by atoms with Gasteiger partial charge in [0.2, 0.25) is 0 Å². The van der Waals surface area contributed by atoms with Crippen LogP contribution in [0.25, 0.3) is 5.69 Å². The lowest BCUT2D eigenvalue weighted by Crippen LogP contribution is -2.22. The van der Waals surface area contributed by atoms with Gasteiger partial charge in [-0.2, -0.15) is 0 Å². The van der Waals surface area contributed by atoms with E-state index in [4.69, 9.17) is 0 Å². The van der Waals surface area contributed by atoms with Gasteiger partial charge in [-0.3, -0.25) is 4.79 Å². The summed E-state index contributed by atoms with van der Waals surface area (Å²) < 4.78 is 2.12. The van der Waals surface area contributed by atoms with Crippen LogP contribution in [-0.2, 0) is 6.54 Å². The first-order chi connectivity index (χ1) is 10.5. The molecule has 0 aliphatic carbocycles. The summed E-state index contributed by atoms with van der Waals surface area (Å²) in [5.41, 5.74) is 5.51. The minimum absolute atomic E-state index is 0.113. The SMILES string of the molecule is CCCCNCc1cn(-c2ccc(C)cc2C)c(C)cc1=O. The molecule has 0 atom stereocenters. The van der Waals surface area contributed by atoms with Crippen molar-refractivity contribution < 1.29 is 0 Å². The molecule has 0 aliphatic heterocycles. The molecule has 0 bridgehead atoms. The van der Waals surface area contributed by atoms with Crippen molar-refractivity contribution in [1.29, 1.82) is 0 Å². The van der Waals surface area contributed by atoms with Crippen LogP contribution in [0.1, 0.15) is 42.1 Å². The summed E-state index contributed by atoms with van der Waals surface area (Å²) >= 11 is 0. The summed E-state index contributed by atoms with van der Waals surface area (Å²) in [6.45, 7) is 9.93. The van der Waals surface area contributed by atoms with E-state index in [1.807, 2.05) is 13.1 Å². The molecule has 1 aromatic carbocycles. The Kier molecular flexibility index (Phi) is 5.56. The number of nitrogens with one attached hydrogen (secondary N) is 1. The molecular weight excluding hydrogens is 272 g/mol. The van der Waals surface area contributed by atoms with Gasteiger partial charge in [0.25, 0.3) is 0 Å². The second kappa shape index (κ2) is 7.41. The van der Waals surface area contributed by atoms with Crippen molar-refractivity contribution in [1.82, 2.24) is 9.88 Å². The Morgan fingerprint density at radius 1 is 1.14 bits per heavy atom. The zero-order valence-electron chi connectivity index (χ0n) is 14.1. The third-order valence-electron chi connectivity index (χ3n) is 3.96. The molecule has 118 valence electrons. The molecule has 0 saturated carbocycles. The number of benzene rings is 1. The highest BCUT2D eigenvalue weighted by Gasteiger charge is 2.07. The molecule has 0 spiro atoms. The quantitative estimate of drug-likeness (QED) is 0.826. The Morgan fingerprint density at radius 3 is 2.59 bits per heavy atom. The van der Waals surface area contributed by atoms with Gasteiger partial charge in [0.05, 0.1) is 0 Å². The molecule has 0 radical (unpaired) electrons. The molecular formula is C19H26N2O. The van der Waals surface area contributed by atoms with Crippen molar-refractivity contribution >= 4 is 0 Å². The minimum Gasteiger partial charge on any atom is -0.320 e. The highest BCUT2D eigenvalue weighted by Crippen LogP contribution is 2.17. The fourth-order valence-electron chi connectivity index (χ4n) is 2.67. The lowest BCUT2D eigenvalue weighted by atomic mass is 10.1. The summed E-state index contributed by atoms with van der Waals surface area (Å²) in [6.07, 6.45) is 4.28. The van der Waals surface area contributed by atoms with E-state index in [0.717, 1.165) is 36.3 Å². The van der Waals surface area contributed by atoms with Gasteiger partial charge in [-0.1, -0.05) is 31.0 Å². The number of hydrogen-bond donors (Lipinski definition) is 1. The fraction of sp³-hybridized carbons (Fsp3) is 0.421. The zero-order valence-corrected chi connectivity index (χ0v) is 14.1. The number of aromatic nitrogens is 1. The van der Waals surface area contributed by atoms with Gasteiger partial charge < -0.3 is 9.88 Å². The lowest BCUT2D eigenvalue weighted by Gasteiger charge is -2.16. The van der Waals surface area contributed by atoms with E-state index in [0.29, 0.717) is 6.54 Å². The summed E-state index contributed by atoms with van der Waals surface area (Å²) in [6, 6.07) is 8.14. The maximum Gasteiger partial charge on any atom is 0.186 e. The first kappa shape index (κ1) is 16.5. The van der Waals surface area contributed by atoms with E-state index in [1.165, 1.54) is 11.1 Å². The van der Waals surface area contributed by atoms with Crippen molar-refractivity contribution in [2.75, 3.05) is 6.54 Å². The Hall–Kier alpha value is -1.87. The van der Waals surface area contributed by atoms with E-state index in [-0.39, 0.29) is 5.43 Å². The van der Waals surface area contributed by atoms with Crippen molar-refractivity contribution in [2.45, 2.75) is 47.1 Å². The molecule has 3 heteroatoms. The lowest BCUT2D eigenvalue weighted by molar-refractivity contribution is 0.637. The monoisotopic (exact) mass is 298 g/mol. The molecule has 1 heterocycles. The number of unbranched alkanes of at least 4 members (excludes halogenated alkanes) is 1. The van der Waals surface area contributed by atoms with Crippen molar-refractivity contribution in [3.63, 3.8) is 0 Å². The number of nitrogens with zero attached hydrogens (tertiary/aromatic N) is 1. The predicted octanol–water partition coefficient (Wildman–Crippen LogP) is 3.65. The van der Waals surface area contributed by atoms with Gasteiger partial charge in [0.15, 0.2) is 5.43 Å². The van der Waals surface area contributed by atoms with Gasteiger partial charge in [-0.15, -0.1) is 0 Å². The molecule has 22 heavy (non-hydrogen) atoms. The molecule has 0 unspecified atom stereocenters. The Balaban J connectivity index is 2.33. The van der Waals surface area contributed by atoms with Crippen LogP contribution >= 0.6 is 0 Å². The molecule has 2 rings (SSSR count). The normalized spacial score (nSPS) is 10.9. The van der Waals surface area contributed by atoms with Gasteiger partial charge >= 0.3 is 0 Å². The Bertz CT molecular complexity index is 701. The standard InChI is InChI=1S/C19H26N2O/c1-5-6-9-20-12-17-13-21(16(4)11-19(17)22)18-8-7-14(2)10-15(18)3/h7-8,10-11,13,20H,5-6,9,12H2,1-4H3. The highest BCUT2D eigenvalue weighted by molar-refractivity contribution is 5.44.